The summed E-state index contributed by atoms with van der Waals surface area (Å²) in [6.07, 6.45) is 2.04. The Bertz CT molecular complexity index is 819. The highest BCUT2D eigenvalue weighted by Crippen LogP contribution is 2.33. The van der Waals surface area contributed by atoms with E-state index in [9.17, 15) is 8.42 Å². The molecule has 118 valence electrons. The first-order chi connectivity index (χ1) is 10.4. The summed E-state index contributed by atoms with van der Waals surface area (Å²) in [4.78, 5) is 4.20. The van der Waals surface area contributed by atoms with Crippen LogP contribution in [0.2, 0.25) is 5.02 Å². The molecule has 0 aliphatic carbocycles. The van der Waals surface area contributed by atoms with Gasteiger partial charge in [0.1, 0.15) is 12.1 Å². The topological polar surface area (TPSA) is 77.3 Å². The fraction of sp³-hybridized carbons (Fsp3) is 0.385. The zero-order valence-corrected chi connectivity index (χ0v) is 13.7. The van der Waals surface area contributed by atoms with Gasteiger partial charge in [0.2, 0.25) is 5.95 Å². The standard InChI is InChI=1S/C13H15ClN4O3S/c1-9-6-11(21-2)10(14)7-12(9)22(19,20)18-5-3-4-17-13(18)15-8-16-17/h6-8H,3-5H2,1-2H3. The maximum Gasteiger partial charge on any atom is 0.266 e. The number of nitrogens with zero attached hydrogens (tertiary/aromatic N) is 4. The van der Waals surface area contributed by atoms with E-state index >= 15 is 0 Å². The quantitative estimate of drug-likeness (QED) is 0.850. The number of ether oxygens (including phenoxy) is 1. The number of halogens is 1. The molecule has 0 saturated heterocycles. The zero-order chi connectivity index (χ0) is 15.9. The van der Waals surface area contributed by atoms with Gasteiger partial charge in [0.05, 0.1) is 17.0 Å². The van der Waals surface area contributed by atoms with Gasteiger partial charge >= 0.3 is 0 Å². The molecule has 0 saturated carbocycles. The molecule has 2 heterocycles. The van der Waals surface area contributed by atoms with Crippen molar-refractivity contribution >= 4 is 27.6 Å². The zero-order valence-electron chi connectivity index (χ0n) is 12.2. The minimum atomic E-state index is -3.75. The predicted molar refractivity (Wildman–Crippen MR) is 81.9 cm³/mol. The van der Waals surface area contributed by atoms with Gasteiger partial charge in [-0.25, -0.2) is 17.4 Å². The number of anilines is 1. The lowest BCUT2D eigenvalue weighted by Crippen LogP contribution is -2.38. The molecule has 1 aromatic carbocycles. The third-order valence-corrected chi connectivity index (χ3v) is 5.78. The van der Waals surface area contributed by atoms with Crippen molar-refractivity contribution in [1.29, 1.82) is 0 Å². The van der Waals surface area contributed by atoms with Crippen LogP contribution in [0.15, 0.2) is 23.4 Å². The Labute approximate surface area is 133 Å². The number of rotatable bonds is 3. The summed E-state index contributed by atoms with van der Waals surface area (Å²) >= 11 is 6.08. The highest BCUT2D eigenvalue weighted by Gasteiger charge is 2.32. The summed E-state index contributed by atoms with van der Waals surface area (Å²) in [5.41, 5.74) is 0.567. The average Bonchev–Trinajstić information content (AvgIpc) is 2.97. The SMILES string of the molecule is COc1cc(C)c(S(=O)(=O)N2CCCn3ncnc32)cc1Cl. The van der Waals surface area contributed by atoms with Crippen LogP contribution in [0.25, 0.3) is 0 Å². The molecule has 1 aromatic heterocycles. The van der Waals surface area contributed by atoms with Crippen LogP contribution in [-0.2, 0) is 16.6 Å². The van der Waals surface area contributed by atoms with Crippen molar-refractivity contribution < 1.29 is 13.2 Å². The minimum Gasteiger partial charge on any atom is -0.495 e. The number of sulfonamides is 1. The number of hydrogen-bond acceptors (Lipinski definition) is 5. The Morgan fingerprint density at radius 3 is 2.82 bits per heavy atom. The molecule has 7 nitrogen and oxygen atoms in total. The van der Waals surface area contributed by atoms with Gasteiger partial charge in [0.15, 0.2) is 0 Å². The van der Waals surface area contributed by atoms with Gasteiger partial charge in [-0.1, -0.05) is 11.6 Å². The number of benzene rings is 1. The Morgan fingerprint density at radius 1 is 1.32 bits per heavy atom. The van der Waals surface area contributed by atoms with E-state index in [4.69, 9.17) is 16.3 Å². The van der Waals surface area contributed by atoms with Crippen LogP contribution in [-0.4, -0.2) is 36.8 Å². The van der Waals surface area contributed by atoms with Gasteiger partial charge in [0.25, 0.3) is 10.0 Å². The van der Waals surface area contributed by atoms with Gasteiger partial charge in [-0.05, 0) is 31.0 Å². The molecule has 2 aromatic rings. The van der Waals surface area contributed by atoms with Crippen molar-refractivity contribution in [3.63, 3.8) is 0 Å². The van der Waals surface area contributed by atoms with Crippen molar-refractivity contribution in [3.05, 3.63) is 29.0 Å². The molecule has 0 atom stereocenters. The average molecular weight is 343 g/mol. The van der Waals surface area contributed by atoms with Crippen LogP contribution < -0.4 is 9.04 Å². The molecule has 3 rings (SSSR count). The first-order valence-electron chi connectivity index (χ1n) is 6.70. The lowest BCUT2D eigenvalue weighted by molar-refractivity contribution is 0.414. The molecule has 0 N–H and O–H groups in total. The highest BCUT2D eigenvalue weighted by atomic mass is 35.5. The summed E-state index contributed by atoms with van der Waals surface area (Å²) in [6, 6.07) is 3.03. The fourth-order valence-electron chi connectivity index (χ4n) is 2.49. The molecule has 0 spiro atoms. The number of methoxy groups -OCH3 is 1. The van der Waals surface area contributed by atoms with E-state index < -0.39 is 10.0 Å². The summed E-state index contributed by atoms with van der Waals surface area (Å²) in [6.45, 7) is 2.73. The van der Waals surface area contributed by atoms with Crippen molar-refractivity contribution in [2.24, 2.45) is 0 Å². The van der Waals surface area contributed by atoms with Gasteiger partial charge in [-0.3, -0.25) is 0 Å². The first kappa shape index (κ1) is 15.1. The Kier molecular flexibility index (Phi) is 3.73. The summed E-state index contributed by atoms with van der Waals surface area (Å²) in [7, 11) is -2.27. The van der Waals surface area contributed by atoms with Crippen LogP contribution in [0.3, 0.4) is 0 Å². The largest absolute Gasteiger partial charge is 0.495 e. The van der Waals surface area contributed by atoms with E-state index in [0.717, 1.165) is 0 Å². The van der Waals surface area contributed by atoms with Gasteiger partial charge < -0.3 is 4.74 Å². The maximum absolute atomic E-state index is 13.0. The molecule has 0 bridgehead atoms. The maximum atomic E-state index is 13.0. The van der Waals surface area contributed by atoms with E-state index in [-0.39, 0.29) is 9.92 Å². The lowest BCUT2D eigenvalue weighted by atomic mass is 10.2. The van der Waals surface area contributed by atoms with E-state index in [0.29, 0.717) is 36.8 Å². The lowest BCUT2D eigenvalue weighted by Gasteiger charge is -2.27. The normalized spacial score (nSPS) is 14.8. The van der Waals surface area contributed by atoms with E-state index in [1.807, 2.05) is 0 Å². The number of fused-ring (bicyclic) bond motifs is 1. The highest BCUT2D eigenvalue weighted by molar-refractivity contribution is 7.92. The first-order valence-corrected chi connectivity index (χ1v) is 8.51. The molecule has 9 heteroatoms. The second kappa shape index (κ2) is 5.44. The Balaban J connectivity index is 2.11. The van der Waals surface area contributed by atoms with Crippen molar-refractivity contribution in [2.75, 3.05) is 18.0 Å². The molecular formula is C13H15ClN4O3S. The third kappa shape index (κ3) is 2.32. The fourth-order valence-corrected chi connectivity index (χ4v) is 4.49. The summed E-state index contributed by atoms with van der Waals surface area (Å²) in [5, 5.41) is 4.29. The monoisotopic (exact) mass is 342 g/mol. The van der Waals surface area contributed by atoms with Crippen molar-refractivity contribution in [1.82, 2.24) is 14.8 Å². The second-order valence-electron chi connectivity index (χ2n) is 4.97. The van der Waals surface area contributed by atoms with Crippen LogP contribution >= 0.6 is 11.6 Å². The minimum absolute atomic E-state index is 0.148. The molecule has 0 fully saturated rings. The van der Waals surface area contributed by atoms with E-state index in [1.165, 1.54) is 23.8 Å². The van der Waals surface area contributed by atoms with Gasteiger partial charge in [0, 0.05) is 13.1 Å². The van der Waals surface area contributed by atoms with Crippen molar-refractivity contribution in [2.45, 2.75) is 24.8 Å². The smallest absolute Gasteiger partial charge is 0.266 e. The summed E-state index contributed by atoms with van der Waals surface area (Å²) in [5.74, 6) is 0.775. The molecule has 0 radical (unpaired) electrons. The predicted octanol–water partition coefficient (Wildman–Crippen LogP) is 1.85. The molecule has 1 aliphatic heterocycles. The van der Waals surface area contributed by atoms with Crippen LogP contribution in [0.4, 0.5) is 5.95 Å². The Hall–Kier alpha value is -1.80. The molecule has 0 amide bonds. The van der Waals surface area contributed by atoms with E-state index in [1.54, 1.807) is 17.7 Å². The van der Waals surface area contributed by atoms with Gasteiger partial charge in [-0.15, -0.1) is 0 Å². The van der Waals surface area contributed by atoms with Gasteiger partial charge in [-0.2, -0.15) is 10.1 Å². The number of aromatic nitrogens is 3. The van der Waals surface area contributed by atoms with Crippen LogP contribution in [0.1, 0.15) is 12.0 Å². The van der Waals surface area contributed by atoms with E-state index in [2.05, 4.69) is 10.1 Å². The van der Waals surface area contributed by atoms with Crippen LogP contribution in [0.5, 0.6) is 5.75 Å². The Morgan fingerprint density at radius 2 is 2.09 bits per heavy atom. The second-order valence-corrected chi connectivity index (χ2v) is 7.20. The number of aryl methyl sites for hydroxylation is 2. The molecule has 0 unspecified atom stereocenters. The molecule has 22 heavy (non-hydrogen) atoms. The number of hydrogen-bond donors (Lipinski definition) is 0. The molecular weight excluding hydrogens is 328 g/mol. The molecule has 1 aliphatic rings. The van der Waals surface area contributed by atoms with Crippen molar-refractivity contribution in [3.8, 4) is 5.75 Å². The summed E-state index contributed by atoms with van der Waals surface area (Å²) < 4.78 is 33.9. The third-order valence-electron chi connectivity index (χ3n) is 3.57. The van der Waals surface area contributed by atoms with Crippen LogP contribution in [0, 0.1) is 6.92 Å².